The lowest BCUT2D eigenvalue weighted by atomic mass is 9.95. The first-order valence-electron chi connectivity index (χ1n) is 10.2. The van der Waals surface area contributed by atoms with Gasteiger partial charge in [0, 0.05) is 0 Å². The summed E-state index contributed by atoms with van der Waals surface area (Å²) in [4.78, 5) is 27.6. The third kappa shape index (κ3) is 3.85. The van der Waals surface area contributed by atoms with Crippen molar-refractivity contribution in [3.8, 4) is 11.5 Å². The Bertz CT molecular complexity index is 1160. The van der Waals surface area contributed by atoms with Crippen molar-refractivity contribution in [2.24, 2.45) is 0 Å². The fraction of sp³-hybridized carbons (Fsp3) is 0.200. The van der Waals surface area contributed by atoms with Gasteiger partial charge in [-0.3, -0.25) is 9.59 Å². The molecule has 32 heavy (non-hydrogen) atoms. The van der Waals surface area contributed by atoms with E-state index >= 15 is 0 Å². The monoisotopic (exact) mass is 433 g/mol. The molecule has 2 heterocycles. The molecule has 164 valence electrons. The number of aliphatic hydroxyl groups is 1. The van der Waals surface area contributed by atoms with Crippen molar-refractivity contribution in [1.82, 2.24) is 4.90 Å². The van der Waals surface area contributed by atoms with Gasteiger partial charge in [0.1, 0.15) is 23.0 Å². The second-order valence-electron chi connectivity index (χ2n) is 7.21. The van der Waals surface area contributed by atoms with Crippen LogP contribution in [0.15, 0.2) is 76.9 Å². The quantitative estimate of drug-likeness (QED) is 0.339. The van der Waals surface area contributed by atoms with Gasteiger partial charge in [-0.25, -0.2) is 0 Å². The van der Waals surface area contributed by atoms with Crippen LogP contribution in [0.2, 0.25) is 0 Å². The lowest BCUT2D eigenvalue weighted by Crippen LogP contribution is -2.29. The van der Waals surface area contributed by atoms with Gasteiger partial charge < -0.3 is 23.9 Å². The van der Waals surface area contributed by atoms with Crippen LogP contribution in [-0.2, 0) is 16.1 Å². The van der Waals surface area contributed by atoms with E-state index in [1.54, 1.807) is 60.7 Å². The summed E-state index contributed by atoms with van der Waals surface area (Å²) in [6.45, 7) is 2.42. The third-order valence-corrected chi connectivity index (χ3v) is 5.29. The Labute approximate surface area is 185 Å². The van der Waals surface area contributed by atoms with Crippen molar-refractivity contribution in [3.63, 3.8) is 0 Å². The van der Waals surface area contributed by atoms with E-state index in [9.17, 15) is 14.7 Å². The molecule has 1 aliphatic rings. The van der Waals surface area contributed by atoms with Gasteiger partial charge in [-0.15, -0.1) is 0 Å². The molecular weight excluding hydrogens is 410 g/mol. The minimum atomic E-state index is -0.828. The molecule has 0 radical (unpaired) electrons. The van der Waals surface area contributed by atoms with Gasteiger partial charge >= 0.3 is 0 Å². The lowest BCUT2D eigenvalue weighted by Gasteiger charge is -2.25. The summed E-state index contributed by atoms with van der Waals surface area (Å²) in [6.07, 6.45) is 1.51. The first-order valence-corrected chi connectivity index (χ1v) is 10.2. The Morgan fingerprint density at radius 2 is 1.91 bits per heavy atom. The first-order chi connectivity index (χ1) is 15.5. The Morgan fingerprint density at radius 3 is 2.62 bits per heavy atom. The number of methoxy groups -OCH3 is 1. The largest absolute Gasteiger partial charge is 0.507 e. The van der Waals surface area contributed by atoms with Gasteiger partial charge in [-0.2, -0.15) is 0 Å². The molecule has 1 saturated heterocycles. The number of likely N-dealkylation sites (tertiary alicyclic amines) is 1. The fourth-order valence-electron chi connectivity index (χ4n) is 3.89. The number of para-hydroxylation sites is 1. The normalized spacial score (nSPS) is 17.6. The fourth-order valence-corrected chi connectivity index (χ4v) is 3.89. The number of nitrogens with zero attached hydrogens (tertiary/aromatic N) is 1. The highest BCUT2D eigenvalue weighted by atomic mass is 16.5. The van der Waals surface area contributed by atoms with Gasteiger partial charge in [0.05, 0.1) is 43.7 Å². The maximum Gasteiger partial charge on any atom is 0.296 e. The van der Waals surface area contributed by atoms with Gasteiger partial charge in [0.15, 0.2) is 0 Å². The molecule has 1 aliphatic heterocycles. The smallest absolute Gasteiger partial charge is 0.296 e. The Balaban J connectivity index is 1.89. The standard InChI is InChI=1S/C25H23NO6/c1-3-31-17-9-6-8-16(14-17)22-21(23(27)19-11-4-5-12-20(19)30-2)24(28)25(29)26(22)15-18-10-7-13-32-18/h4-14,22,27H,3,15H2,1-2H3/b23-21-. The van der Waals surface area contributed by atoms with Crippen LogP contribution in [0, 0.1) is 0 Å². The summed E-state index contributed by atoms with van der Waals surface area (Å²) in [5.41, 5.74) is 0.954. The molecule has 1 N–H and O–H groups in total. The van der Waals surface area contributed by atoms with Gasteiger partial charge in [0.2, 0.25) is 0 Å². The number of Topliss-reactive ketones (excluding diaryl/α,β-unsaturated/α-hetero) is 1. The number of aliphatic hydroxyl groups excluding tert-OH is 1. The summed E-state index contributed by atoms with van der Waals surface area (Å²) in [5.74, 6) is -0.268. The van der Waals surface area contributed by atoms with Gasteiger partial charge in [-0.05, 0) is 48.9 Å². The van der Waals surface area contributed by atoms with Crippen molar-refractivity contribution >= 4 is 17.4 Å². The van der Waals surface area contributed by atoms with E-state index in [0.717, 1.165) is 0 Å². The highest BCUT2D eigenvalue weighted by Gasteiger charge is 2.46. The molecule has 3 aromatic rings. The predicted molar refractivity (Wildman–Crippen MR) is 117 cm³/mol. The molecule has 0 bridgehead atoms. The van der Waals surface area contributed by atoms with E-state index in [1.165, 1.54) is 18.3 Å². The molecule has 0 aliphatic carbocycles. The lowest BCUT2D eigenvalue weighted by molar-refractivity contribution is -0.140. The zero-order chi connectivity index (χ0) is 22.7. The number of carbonyl (C=O) groups is 2. The van der Waals surface area contributed by atoms with Crippen LogP contribution in [0.1, 0.15) is 29.9 Å². The van der Waals surface area contributed by atoms with Crippen LogP contribution < -0.4 is 9.47 Å². The molecule has 1 amide bonds. The number of furan rings is 1. The van der Waals surface area contributed by atoms with Crippen LogP contribution in [0.25, 0.3) is 5.76 Å². The number of amides is 1. The van der Waals surface area contributed by atoms with E-state index in [-0.39, 0.29) is 17.9 Å². The Morgan fingerprint density at radius 1 is 1.09 bits per heavy atom. The molecule has 0 spiro atoms. The van der Waals surface area contributed by atoms with E-state index in [4.69, 9.17) is 13.9 Å². The summed E-state index contributed by atoms with van der Waals surface area (Å²) >= 11 is 0. The molecule has 4 rings (SSSR count). The van der Waals surface area contributed by atoms with E-state index < -0.39 is 17.7 Å². The maximum absolute atomic E-state index is 13.1. The van der Waals surface area contributed by atoms with Crippen LogP contribution in [0.5, 0.6) is 11.5 Å². The number of ether oxygens (including phenoxy) is 2. The van der Waals surface area contributed by atoms with Gasteiger partial charge in [-0.1, -0.05) is 24.3 Å². The molecule has 7 nitrogen and oxygen atoms in total. The number of carbonyl (C=O) groups excluding carboxylic acids is 2. The van der Waals surface area contributed by atoms with Crippen molar-refractivity contribution in [1.29, 1.82) is 0 Å². The van der Waals surface area contributed by atoms with Gasteiger partial charge in [0.25, 0.3) is 11.7 Å². The summed E-state index contributed by atoms with van der Waals surface area (Å²) < 4.78 is 16.4. The number of hydrogen-bond donors (Lipinski definition) is 1. The second-order valence-corrected chi connectivity index (χ2v) is 7.21. The van der Waals surface area contributed by atoms with Crippen LogP contribution >= 0.6 is 0 Å². The molecule has 1 aromatic heterocycles. The zero-order valence-electron chi connectivity index (χ0n) is 17.8. The summed E-state index contributed by atoms with van der Waals surface area (Å²) in [7, 11) is 1.48. The second kappa shape index (κ2) is 9.01. The maximum atomic E-state index is 13.1. The summed E-state index contributed by atoms with van der Waals surface area (Å²) in [5, 5.41) is 11.2. The molecule has 1 fully saturated rings. The van der Waals surface area contributed by atoms with E-state index in [0.29, 0.717) is 35.0 Å². The first kappa shape index (κ1) is 21.2. The minimum absolute atomic E-state index is 0.0142. The molecule has 7 heteroatoms. The van der Waals surface area contributed by atoms with Crippen LogP contribution in [-0.4, -0.2) is 35.4 Å². The average Bonchev–Trinajstić information content (AvgIpc) is 3.41. The van der Waals surface area contributed by atoms with Crippen molar-refractivity contribution in [2.75, 3.05) is 13.7 Å². The number of rotatable bonds is 7. The van der Waals surface area contributed by atoms with Crippen LogP contribution in [0.4, 0.5) is 0 Å². The summed E-state index contributed by atoms with van der Waals surface area (Å²) in [6, 6.07) is 16.6. The highest BCUT2D eigenvalue weighted by molar-refractivity contribution is 6.46. The minimum Gasteiger partial charge on any atom is -0.507 e. The Hall–Kier alpha value is -4.00. The number of benzene rings is 2. The topological polar surface area (TPSA) is 89.2 Å². The molecule has 2 aromatic carbocycles. The molecule has 1 unspecified atom stereocenters. The van der Waals surface area contributed by atoms with E-state index in [1.807, 2.05) is 6.92 Å². The number of ketones is 1. The van der Waals surface area contributed by atoms with Crippen molar-refractivity contribution < 1.29 is 28.6 Å². The average molecular weight is 433 g/mol. The predicted octanol–water partition coefficient (Wildman–Crippen LogP) is 4.31. The van der Waals surface area contributed by atoms with Crippen molar-refractivity contribution in [3.05, 3.63) is 89.4 Å². The molecule has 1 atom stereocenters. The zero-order valence-corrected chi connectivity index (χ0v) is 17.8. The molecular formula is C25H23NO6. The van der Waals surface area contributed by atoms with E-state index in [2.05, 4.69) is 0 Å². The third-order valence-electron chi connectivity index (χ3n) is 5.29. The Kier molecular flexibility index (Phi) is 5.98. The SMILES string of the molecule is CCOc1cccc(C2/C(=C(/O)c3ccccc3OC)C(=O)C(=O)N2Cc2ccco2)c1. The van der Waals surface area contributed by atoms with Crippen molar-refractivity contribution in [2.45, 2.75) is 19.5 Å². The number of hydrogen-bond acceptors (Lipinski definition) is 6. The highest BCUT2D eigenvalue weighted by Crippen LogP contribution is 2.42. The van der Waals surface area contributed by atoms with Crippen LogP contribution in [0.3, 0.4) is 0 Å². The molecule has 0 saturated carbocycles.